The number of furan rings is 1. The molecule has 0 aliphatic rings. The van der Waals surface area contributed by atoms with Crippen molar-refractivity contribution in [3.63, 3.8) is 0 Å². The number of benzene rings is 3. The SMILES string of the molecule is [2H]C([2H])([2H])c1c[c-]c(-c2cc(C([2H])([2H])C(C)C)c(C([2H])([2H])[2H])cn2)cc1.[2H]C([2H])([2H])c1cnc(-c2[c-]c(C([2H])([2H])c3ccccc3)c3oc4ncccc4c3c2)cc1C([2H])([2H])C(C)C.[Ir]. The Balaban J connectivity index is 0.000000259. The first-order valence-electron chi connectivity index (χ1n) is 23.4. The minimum Gasteiger partial charge on any atom is -0.485 e. The topological polar surface area (TPSA) is 51.8 Å². The van der Waals surface area contributed by atoms with Gasteiger partial charge in [0.25, 0.3) is 0 Å². The predicted molar refractivity (Wildman–Crippen MR) is 203 cm³/mol. The summed E-state index contributed by atoms with van der Waals surface area (Å²) in [6.45, 7) is -0.538. The molecule has 0 bridgehead atoms. The van der Waals surface area contributed by atoms with E-state index in [9.17, 15) is 0 Å². The second-order valence-corrected chi connectivity index (χ2v) is 12.1. The van der Waals surface area contributed by atoms with Crippen molar-refractivity contribution in [3.05, 3.63) is 149 Å². The number of hydrogen-bond donors (Lipinski definition) is 0. The summed E-state index contributed by atoms with van der Waals surface area (Å²) >= 11 is 0. The monoisotopic (exact) mass is 851 g/mol. The van der Waals surface area contributed by atoms with Gasteiger partial charge >= 0.3 is 0 Å². The number of pyridine rings is 3. The second-order valence-electron chi connectivity index (χ2n) is 12.1. The molecule has 0 atom stereocenters. The average Bonchev–Trinajstić information content (AvgIpc) is 3.61. The molecular weight excluding hydrogens is 791 g/mol. The van der Waals surface area contributed by atoms with Crippen LogP contribution >= 0.6 is 0 Å². The summed E-state index contributed by atoms with van der Waals surface area (Å²) in [7, 11) is 0. The van der Waals surface area contributed by atoms with Gasteiger partial charge in [-0.15, -0.1) is 53.1 Å². The minimum atomic E-state index is -2.56. The van der Waals surface area contributed by atoms with Gasteiger partial charge in [-0.3, -0.25) is 0 Å². The molecule has 1 radical (unpaired) electrons. The first-order chi connectivity index (χ1) is 29.6. The van der Waals surface area contributed by atoms with Gasteiger partial charge in [-0.05, 0) is 84.9 Å². The molecule has 4 heterocycles. The van der Waals surface area contributed by atoms with Crippen LogP contribution in [-0.2, 0) is 39.2 Å². The van der Waals surface area contributed by atoms with E-state index < -0.39 is 51.5 Å². The number of nitrogens with zero attached hydrogens (tertiary/aromatic N) is 3. The van der Waals surface area contributed by atoms with E-state index in [0.29, 0.717) is 44.5 Å². The van der Waals surface area contributed by atoms with E-state index >= 15 is 0 Å². The van der Waals surface area contributed by atoms with Crippen molar-refractivity contribution in [1.29, 1.82) is 0 Å². The summed E-state index contributed by atoms with van der Waals surface area (Å²) in [5.41, 5.74) is 2.62. The van der Waals surface area contributed by atoms with Gasteiger partial charge in [0, 0.05) is 64.6 Å². The Labute approximate surface area is 331 Å². The van der Waals surface area contributed by atoms with E-state index in [1.807, 2.05) is 6.07 Å². The number of aromatic nitrogens is 3. The van der Waals surface area contributed by atoms with Crippen LogP contribution in [0.1, 0.15) is 87.2 Å². The molecule has 3 aromatic carbocycles. The summed E-state index contributed by atoms with van der Waals surface area (Å²) in [6, 6.07) is 27.2. The van der Waals surface area contributed by atoms with Gasteiger partial charge in [0.05, 0.1) is 5.58 Å². The first kappa shape index (κ1) is 21.7. The minimum absolute atomic E-state index is 0. The fourth-order valence-electron chi connectivity index (χ4n) is 5.19. The third-order valence-corrected chi connectivity index (χ3v) is 7.38. The molecule has 0 saturated carbocycles. The van der Waals surface area contributed by atoms with Crippen LogP contribution in [0.2, 0.25) is 0 Å². The Kier molecular flexibility index (Phi) is 7.17. The standard InChI is InChI=1S/C28H25N2O.C17H20N.Ir/c1-18(2)12-21-16-26(30-17-19(21)3)22-14-23(13-20-8-5-4-6-9-20)27-25(15-22)24-10-7-11-29-28(24)31-27;1-12(2)9-16-10-17(18-11-14(16)4)15-7-5-13(3)6-8-15;/h4-11,15-18H,12-13H2,1-3H3;5-7,10-12H,9H2,1-4H3;/q2*-1;/i3D3,12D2,13D2;3D3,4D3,9D2;. The van der Waals surface area contributed by atoms with Crippen LogP contribution in [0.15, 0.2) is 102 Å². The summed E-state index contributed by atoms with van der Waals surface area (Å²) in [6.07, 6.45) is -1.85. The predicted octanol–water partition coefficient (Wildman–Crippen LogP) is 11.3. The van der Waals surface area contributed by atoms with Crippen molar-refractivity contribution in [2.45, 2.75) is 67.4 Å². The fraction of sp³-hybridized carbons (Fsp3) is 0.267. The van der Waals surface area contributed by atoms with Gasteiger partial charge in [0.15, 0.2) is 0 Å². The summed E-state index contributed by atoms with van der Waals surface area (Å²) in [4.78, 5) is 12.8. The fourth-order valence-corrected chi connectivity index (χ4v) is 5.19. The van der Waals surface area contributed by atoms with Crippen molar-refractivity contribution in [3.8, 4) is 22.5 Å². The third kappa shape index (κ3) is 8.82. The van der Waals surface area contributed by atoms with Crippen molar-refractivity contribution >= 4 is 22.1 Å². The molecule has 0 aliphatic carbocycles. The van der Waals surface area contributed by atoms with E-state index in [4.69, 9.17) is 25.0 Å². The summed E-state index contributed by atoms with van der Waals surface area (Å²) < 4.78 is 127. The van der Waals surface area contributed by atoms with Crippen LogP contribution < -0.4 is 0 Å². The second kappa shape index (κ2) is 16.5. The third-order valence-electron chi connectivity index (χ3n) is 7.38. The van der Waals surface area contributed by atoms with Crippen LogP contribution in [0.25, 0.3) is 44.6 Å². The van der Waals surface area contributed by atoms with Crippen LogP contribution in [-0.4, -0.2) is 15.0 Å². The van der Waals surface area contributed by atoms with Crippen molar-refractivity contribution in [2.24, 2.45) is 11.8 Å². The zero-order chi connectivity index (χ0) is 47.4. The Morgan fingerprint density at radius 2 is 1.42 bits per heavy atom. The van der Waals surface area contributed by atoms with Crippen molar-refractivity contribution in [2.75, 3.05) is 0 Å². The van der Waals surface area contributed by atoms with Gasteiger partial charge in [0.1, 0.15) is 0 Å². The van der Waals surface area contributed by atoms with Gasteiger partial charge in [-0.1, -0.05) is 99.1 Å². The van der Waals surface area contributed by atoms with Crippen molar-refractivity contribution in [1.82, 2.24) is 15.0 Å². The van der Waals surface area contributed by atoms with E-state index in [-0.39, 0.29) is 59.2 Å². The van der Waals surface area contributed by atoms with Crippen molar-refractivity contribution < 1.29 is 45.1 Å². The maximum absolute atomic E-state index is 9.04. The smallest absolute Gasteiger partial charge is 0.216 e. The maximum Gasteiger partial charge on any atom is 0.216 e. The van der Waals surface area contributed by atoms with Gasteiger partial charge in [0.2, 0.25) is 5.71 Å². The molecule has 0 aliphatic heterocycles. The van der Waals surface area contributed by atoms with E-state index in [1.165, 1.54) is 42.7 Å². The molecule has 0 amide bonds. The van der Waals surface area contributed by atoms with Gasteiger partial charge in [-0.25, -0.2) is 4.98 Å². The zero-order valence-electron chi connectivity index (χ0n) is 43.0. The van der Waals surface area contributed by atoms with E-state index in [2.05, 4.69) is 27.1 Å². The average molecular weight is 851 g/mol. The Morgan fingerprint density at radius 3 is 2.02 bits per heavy atom. The van der Waals surface area contributed by atoms with Gasteiger partial charge in [-0.2, -0.15) is 0 Å². The number of fused-ring (bicyclic) bond motifs is 3. The van der Waals surface area contributed by atoms with Crippen LogP contribution in [0.4, 0.5) is 0 Å². The molecule has 0 spiro atoms. The molecule has 0 N–H and O–H groups in total. The molecule has 4 aromatic heterocycles. The Bertz CT molecular complexity index is 2780. The molecule has 257 valence electrons. The number of hydrogen-bond acceptors (Lipinski definition) is 4. The molecule has 50 heavy (non-hydrogen) atoms. The van der Waals surface area contributed by atoms with Gasteiger partial charge < -0.3 is 14.4 Å². The molecule has 0 unspecified atom stereocenters. The number of rotatable bonds is 8. The zero-order valence-corrected chi connectivity index (χ0v) is 30.4. The first-order valence-corrected chi connectivity index (χ1v) is 15.9. The largest absolute Gasteiger partial charge is 0.485 e. The molecule has 0 saturated heterocycles. The molecular formula is C45H45IrN3O-2. The number of aryl methyl sites for hydroxylation is 3. The summed E-state index contributed by atoms with van der Waals surface area (Å²) in [5, 5.41) is 1.28. The molecule has 0 fully saturated rings. The van der Waals surface area contributed by atoms with Crippen LogP contribution in [0, 0.1) is 44.5 Å². The van der Waals surface area contributed by atoms with E-state index in [0.717, 1.165) is 0 Å². The van der Waals surface area contributed by atoms with Crippen LogP contribution in [0.3, 0.4) is 0 Å². The molecule has 5 heteroatoms. The maximum atomic E-state index is 9.04. The van der Waals surface area contributed by atoms with E-state index in [1.54, 1.807) is 76.4 Å². The summed E-state index contributed by atoms with van der Waals surface area (Å²) in [5.74, 6) is -0.947. The Morgan fingerprint density at radius 1 is 0.740 bits per heavy atom. The molecule has 4 nitrogen and oxygen atoms in total. The van der Waals surface area contributed by atoms with Crippen LogP contribution in [0.5, 0.6) is 0 Å². The molecule has 7 aromatic rings. The molecule has 7 rings (SSSR count). The normalized spacial score (nSPS) is 17.2. The Hall–Kier alpha value is -4.44. The quantitative estimate of drug-likeness (QED) is 0.143.